The van der Waals surface area contributed by atoms with Crippen LogP contribution in [0.1, 0.15) is 12.8 Å². The topological polar surface area (TPSA) is 27.7 Å². The molecule has 0 heterocycles. The highest BCUT2D eigenvalue weighted by Gasteiger charge is 2.04. The van der Waals surface area contributed by atoms with Gasteiger partial charge in [-0.05, 0) is 6.42 Å². The Balaban J connectivity index is 3.26. The van der Waals surface area contributed by atoms with Crippen molar-refractivity contribution in [1.29, 1.82) is 0 Å². The van der Waals surface area contributed by atoms with Gasteiger partial charge in [0.05, 0.1) is 12.7 Å². The first kappa shape index (κ1) is 11.4. The lowest BCUT2D eigenvalue weighted by atomic mass is 10.2. The quantitative estimate of drug-likeness (QED) is 0.326. The molecule has 0 amide bonds. The molecule has 0 aliphatic heterocycles. The molecule has 12 heavy (non-hydrogen) atoms. The van der Waals surface area contributed by atoms with Crippen molar-refractivity contribution in [3.05, 3.63) is 0 Å². The molecule has 70 valence electrons. The van der Waals surface area contributed by atoms with Crippen LogP contribution in [0.15, 0.2) is 0 Å². The van der Waals surface area contributed by atoms with Gasteiger partial charge in [-0.15, -0.1) is 12.3 Å². The Labute approximate surface area is 74.0 Å². The number of rotatable bonds is 7. The van der Waals surface area contributed by atoms with E-state index in [9.17, 15) is 0 Å². The molecule has 0 N–H and O–H groups in total. The molecule has 0 spiro atoms. The van der Waals surface area contributed by atoms with E-state index in [0.29, 0.717) is 19.8 Å². The average Bonchev–Trinajstić information content (AvgIpc) is 2.10. The van der Waals surface area contributed by atoms with Crippen molar-refractivity contribution in [3.63, 3.8) is 0 Å². The Hall–Kier alpha value is -0.560. The third kappa shape index (κ3) is 6.17. The van der Waals surface area contributed by atoms with Gasteiger partial charge in [0.2, 0.25) is 0 Å². The molecule has 0 bridgehead atoms. The zero-order valence-corrected chi connectivity index (χ0v) is 7.71. The van der Waals surface area contributed by atoms with Gasteiger partial charge in [0.25, 0.3) is 0 Å². The summed E-state index contributed by atoms with van der Waals surface area (Å²) < 4.78 is 14.9. The number of terminal acetylenes is 1. The summed E-state index contributed by atoms with van der Waals surface area (Å²) in [5, 5.41) is 0. The maximum Gasteiger partial charge on any atom is 0.146 e. The van der Waals surface area contributed by atoms with E-state index in [2.05, 4.69) is 5.92 Å². The van der Waals surface area contributed by atoms with Crippen molar-refractivity contribution < 1.29 is 14.2 Å². The van der Waals surface area contributed by atoms with Crippen molar-refractivity contribution in [3.8, 4) is 12.3 Å². The molecule has 0 aromatic heterocycles. The summed E-state index contributed by atoms with van der Waals surface area (Å²) in [5.74, 6) is 2.55. The number of hydrogen-bond acceptors (Lipinski definition) is 3. The monoisotopic (exact) mass is 172 g/mol. The summed E-state index contributed by atoms with van der Waals surface area (Å²) in [6.45, 7) is 0.945. The normalized spacial score (nSPS) is 12.4. The minimum atomic E-state index is 0.104. The van der Waals surface area contributed by atoms with Gasteiger partial charge < -0.3 is 14.2 Å². The van der Waals surface area contributed by atoms with Gasteiger partial charge >= 0.3 is 0 Å². The zero-order chi connectivity index (χ0) is 9.23. The third-order valence-corrected chi connectivity index (χ3v) is 1.46. The minimum absolute atomic E-state index is 0.104. The van der Waals surface area contributed by atoms with E-state index in [1.807, 2.05) is 0 Å². The van der Waals surface area contributed by atoms with E-state index in [1.165, 1.54) is 0 Å². The lowest BCUT2D eigenvalue weighted by Crippen LogP contribution is -2.13. The second-order valence-corrected chi connectivity index (χ2v) is 2.37. The van der Waals surface area contributed by atoms with Crippen molar-refractivity contribution in [1.82, 2.24) is 0 Å². The minimum Gasteiger partial charge on any atom is -0.380 e. The highest BCUT2D eigenvalue weighted by molar-refractivity contribution is 4.87. The first-order chi connectivity index (χ1) is 5.85. The smallest absolute Gasteiger partial charge is 0.146 e. The largest absolute Gasteiger partial charge is 0.380 e. The molecule has 0 fully saturated rings. The van der Waals surface area contributed by atoms with Gasteiger partial charge in [-0.2, -0.15) is 0 Å². The standard InChI is InChI=1S/C9H16O3/c1-4-5-9(11-3)6-7-12-8-10-2/h1,9H,5-8H2,2-3H3/t9-/m1/s1. The molecular weight excluding hydrogens is 156 g/mol. The second-order valence-electron chi connectivity index (χ2n) is 2.37. The van der Waals surface area contributed by atoms with Crippen LogP contribution in [0, 0.1) is 12.3 Å². The van der Waals surface area contributed by atoms with Crippen LogP contribution in [0.25, 0.3) is 0 Å². The summed E-state index contributed by atoms with van der Waals surface area (Å²) in [6, 6.07) is 0. The fourth-order valence-corrected chi connectivity index (χ4v) is 0.792. The maximum absolute atomic E-state index is 5.14. The van der Waals surface area contributed by atoms with Gasteiger partial charge in [0.1, 0.15) is 6.79 Å². The Morgan fingerprint density at radius 3 is 2.67 bits per heavy atom. The molecule has 0 aromatic rings. The SMILES string of the molecule is C#CC[C@H](CCOCOC)OC. The highest BCUT2D eigenvalue weighted by atomic mass is 16.7. The molecule has 0 unspecified atom stereocenters. The van der Waals surface area contributed by atoms with E-state index in [-0.39, 0.29) is 6.10 Å². The van der Waals surface area contributed by atoms with Crippen LogP contribution in [0.2, 0.25) is 0 Å². The lowest BCUT2D eigenvalue weighted by molar-refractivity contribution is -0.0427. The van der Waals surface area contributed by atoms with Gasteiger partial charge in [-0.25, -0.2) is 0 Å². The van der Waals surface area contributed by atoms with Crippen molar-refractivity contribution in [2.24, 2.45) is 0 Å². The summed E-state index contributed by atoms with van der Waals surface area (Å²) in [4.78, 5) is 0. The molecule has 0 aliphatic carbocycles. The van der Waals surface area contributed by atoms with E-state index in [1.54, 1.807) is 14.2 Å². The summed E-state index contributed by atoms with van der Waals surface area (Å²) in [6.07, 6.45) is 6.68. The van der Waals surface area contributed by atoms with Gasteiger partial charge in [0.15, 0.2) is 0 Å². The summed E-state index contributed by atoms with van der Waals surface area (Å²) in [5.41, 5.74) is 0. The van der Waals surface area contributed by atoms with Crippen LogP contribution >= 0.6 is 0 Å². The van der Waals surface area contributed by atoms with Crippen LogP contribution in [0.5, 0.6) is 0 Å². The van der Waals surface area contributed by atoms with Crippen LogP contribution < -0.4 is 0 Å². The molecule has 0 aliphatic rings. The Morgan fingerprint density at radius 2 is 2.17 bits per heavy atom. The van der Waals surface area contributed by atoms with E-state index >= 15 is 0 Å². The molecule has 0 saturated carbocycles. The van der Waals surface area contributed by atoms with Crippen LogP contribution in [-0.2, 0) is 14.2 Å². The van der Waals surface area contributed by atoms with E-state index in [0.717, 1.165) is 6.42 Å². The molecule has 0 radical (unpaired) electrons. The first-order valence-electron chi connectivity index (χ1n) is 3.88. The van der Waals surface area contributed by atoms with Crippen molar-refractivity contribution in [2.45, 2.75) is 18.9 Å². The molecular formula is C9H16O3. The zero-order valence-electron chi connectivity index (χ0n) is 7.71. The van der Waals surface area contributed by atoms with Crippen molar-refractivity contribution >= 4 is 0 Å². The Kier molecular flexibility index (Phi) is 8.14. The number of methoxy groups -OCH3 is 2. The molecule has 1 atom stereocenters. The number of ether oxygens (including phenoxy) is 3. The van der Waals surface area contributed by atoms with Gasteiger partial charge in [-0.3, -0.25) is 0 Å². The Bertz CT molecular complexity index is 128. The van der Waals surface area contributed by atoms with Gasteiger partial charge in [0, 0.05) is 20.6 Å². The van der Waals surface area contributed by atoms with Crippen LogP contribution in [-0.4, -0.2) is 33.7 Å². The lowest BCUT2D eigenvalue weighted by Gasteiger charge is -2.11. The fraction of sp³-hybridized carbons (Fsp3) is 0.778. The summed E-state index contributed by atoms with van der Waals surface area (Å²) >= 11 is 0. The first-order valence-corrected chi connectivity index (χ1v) is 3.88. The van der Waals surface area contributed by atoms with Crippen LogP contribution in [0.4, 0.5) is 0 Å². The molecule has 3 nitrogen and oxygen atoms in total. The van der Waals surface area contributed by atoms with Crippen LogP contribution in [0.3, 0.4) is 0 Å². The van der Waals surface area contributed by atoms with Crippen molar-refractivity contribution in [2.75, 3.05) is 27.6 Å². The Morgan fingerprint density at radius 1 is 1.42 bits per heavy atom. The predicted molar refractivity (Wildman–Crippen MR) is 46.7 cm³/mol. The predicted octanol–water partition coefficient (Wildman–Crippen LogP) is 1.04. The maximum atomic E-state index is 5.14. The molecule has 0 saturated heterocycles. The number of hydrogen-bond donors (Lipinski definition) is 0. The van der Waals surface area contributed by atoms with Gasteiger partial charge in [-0.1, -0.05) is 0 Å². The van der Waals surface area contributed by atoms with E-state index in [4.69, 9.17) is 20.6 Å². The molecule has 0 aromatic carbocycles. The third-order valence-electron chi connectivity index (χ3n) is 1.46. The van der Waals surface area contributed by atoms with E-state index < -0.39 is 0 Å². The highest BCUT2D eigenvalue weighted by Crippen LogP contribution is 2.01. The second kappa shape index (κ2) is 8.54. The fourth-order valence-electron chi connectivity index (χ4n) is 0.792. The summed E-state index contributed by atoms with van der Waals surface area (Å²) in [7, 11) is 3.24. The molecule has 3 heteroatoms. The average molecular weight is 172 g/mol. The molecule has 0 rings (SSSR count).